The van der Waals surface area contributed by atoms with Gasteiger partial charge in [0.15, 0.2) is 6.29 Å². The number of aliphatic carboxylic acids is 1. The van der Waals surface area contributed by atoms with E-state index in [1.54, 1.807) is 77.7 Å². The molecule has 2 aliphatic heterocycles. The van der Waals surface area contributed by atoms with Gasteiger partial charge in [0.1, 0.15) is 35.5 Å². The van der Waals surface area contributed by atoms with Crippen molar-refractivity contribution >= 4 is 23.4 Å². The molecule has 0 bridgehead atoms. The number of nitrogens with zero attached hydrogens (tertiary/aromatic N) is 3. The SMILES string of the molecule is CC.COC1CC/C(=N\N=C(/C)c2ccco2)C(C)C(O)C(C)(O)COC(=O)C(C)CC[C@H]1OC1OC(C)CC(N(C)C)C1O.COc1ccc(CC(=O)O)cc1. The van der Waals surface area contributed by atoms with Gasteiger partial charge in [-0.1, -0.05) is 39.8 Å². The molecule has 0 spiro atoms. The lowest BCUT2D eigenvalue weighted by Gasteiger charge is -2.43. The van der Waals surface area contributed by atoms with E-state index in [9.17, 15) is 24.9 Å². The fourth-order valence-corrected chi connectivity index (χ4v) is 6.57. The molecule has 57 heavy (non-hydrogen) atoms. The van der Waals surface area contributed by atoms with E-state index in [1.807, 2.05) is 39.8 Å². The average Bonchev–Trinajstić information content (AvgIpc) is 3.74. The van der Waals surface area contributed by atoms with Crippen LogP contribution in [0.4, 0.5) is 0 Å². The van der Waals surface area contributed by atoms with Gasteiger partial charge in [0, 0.05) is 24.8 Å². The lowest BCUT2D eigenvalue weighted by Crippen LogP contribution is -2.55. The van der Waals surface area contributed by atoms with E-state index in [4.69, 9.17) is 33.2 Å². The van der Waals surface area contributed by atoms with Crippen LogP contribution in [0.15, 0.2) is 57.3 Å². The summed E-state index contributed by atoms with van der Waals surface area (Å²) in [7, 11) is 7.00. The molecule has 4 N–H and O–H groups in total. The Morgan fingerprint density at radius 3 is 2.25 bits per heavy atom. The van der Waals surface area contributed by atoms with Crippen LogP contribution in [0.3, 0.4) is 0 Å². The van der Waals surface area contributed by atoms with Gasteiger partial charge in [-0.15, -0.1) is 0 Å². The van der Waals surface area contributed by atoms with Crippen LogP contribution in [0.2, 0.25) is 0 Å². The third kappa shape index (κ3) is 15.5. The van der Waals surface area contributed by atoms with Crippen molar-refractivity contribution < 1.29 is 58.1 Å². The largest absolute Gasteiger partial charge is 0.497 e. The van der Waals surface area contributed by atoms with Crippen LogP contribution in [0.25, 0.3) is 0 Å². The number of ether oxygens (including phenoxy) is 5. The van der Waals surface area contributed by atoms with E-state index in [-0.39, 0.29) is 25.2 Å². The number of cyclic esters (lactones) is 1. The molecule has 15 nitrogen and oxygen atoms in total. The van der Waals surface area contributed by atoms with E-state index >= 15 is 0 Å². The van der Waals surface area contributed by atoms with E-state index < -0.39 is 60.1 Å². The van der Waals surface area contributed by atoms with Crippen molar-refractivity contribution in [2.24, 2.45) is 22.0 Å². The monoisotopic (exact) mass is 805 g/mol. The summed E-state index contributed by atoms with van der Waals surface area (Å²) >= 11 is 0. The molecule has 15 heteroatoms. The Bertz CT molecular complexity index is 1530. The minimum atomic E-state index is -1.72. The van der Waals surface area contributed by atoms with Crippen LogP contribution >= 0.6 is 0 Å². The maximum absolute atomic E-state index is 12.9. The first kappa shape index (κ1) is 49.4. The number of likely N-dealkylation sites (N-methyl/N-ethyl adjacent to an activating group) is 1. The molecule has 1 aromatic carbocycles. The molecule has 10 atom stereocenters. The summed E-state index contributed by atoms with van der Waals surface area (Å²) in [5, 5.41) is 50.7. The normalized spacial score (nSPS) is 31.2. The Morgan fingerprint density at radius 1 is 1.02 bits per heavy atom. The zero-order valence-electron chi connectivity index (χ0n) is 35.6. The molecule has 2 aliphatic rings. The number of furan rings is 1. The molecule has 2 aromatic rings. The number of aliphatic hydroxyl groups excluding tert-OH is 2. The van der Waals surface area contributed by atoms with Crippen LogP contribution in [0.5, 0.6) is 5.75 Å². The Labute approximate surface area is 338 Å². The van der Waals surface area contributed by atoms with Gasteiger partial charge in [-0.3, -0.25) is 9.59 Å². The molecule has 3 heterocycles. The van der Waals surface area contributed by atoms with Gasteiger partial charge in [0.05, 0.1) is 50.1 Å². The molecule has 0 aliphatic carbocycles. The number of hydrogen-bond donors (Lipinski definition) is 4. The second kappa shape index (κ2) is 24.3. The molecule has 2 fully saturated rings. The predicted octanol–water partition coefficient (Wildman–Crippen LogP) is 5.12. The first-order chi connectivity index (χ1) is 27.0. The van der Waals surface area contributed by atoms with E-state index in [1.165, 1.54) is 6.92 Å². The third-order valence-electron chi connectivity index (χ3n) is 10.1. The quantitative estimate of drug-likeness (QED) is 0.148. The summed E-state index contributed by atoms with van der Waals surface area (Å²) in [5.41, 5.74) is 0.125. The number of esters is 1. The Morgan fingerprint density at radius 2 is 1.68 bits per heavy atom. The van der Waals surface area contributed by atoms with Gasteiger partial charge in [-0.25, -0.2) is 0 Å². The Hall–Kier alpha value is -3.70. The second-order valence-electron chi connectivity index (χ2n) is 14.9. The van der Waals surface area contributed by atoms with Crippen LogP contribution in [0.1, 0.15) is 91.9 Å². The van der Waals surface area contributed by atoms with Crippen LogP contribution in [-0.2, 0) is 35.0 Å². The van der Waals surface area contributed by atoms with Gasteiger partial charge in [-0.05, 0) is 96.8 Å². The number of methoxy groups -OCH3 is 2. The van der Waals surface area contributed by atoms with Crippen molar-refractivity contribution in [2.75, 3.05) is 34.9 Å². The van der Waals surface area contributed by atoms with Crippen molar-refractivity contribution in [2.45, 2.75) is 135 Å². The minimum Gasteiger partial charge on any atom is -0.497 e. The van der Waals surface area contributed by atoms with E-state index in [0.717, 1.165) is 11.3 Å². The first-order valence-electron chi connectivity index (χ1n) is 19.7. The number of hydrogen-bond acceptors (Lipinski definition) is 14. The molecule has 0 radical (unpaired) electrons. The number of carboxylic acid groups (broad SMARTS) is 1. The van der Waals surface area contributed by atoms with Gasteiger partial charge in [-0.2, -0.15) is 10.2 Å². The van der Waals surface area contributed by atoms with Crippen molar-refractivity contribution in [1.82, 2.24) is 4.90 Å². The summed E-state index contributed by atoms with van der Waals surface area (Å²) < 4.78 is 34.2. The molecular weight excluding hydrogens is 738 g/mol. The van der Waals surface area contributed by atoms with E-state index in [2.05, 4.69) is 10.2 Å². The Kier molecular flexibility index (Phi) is 21.1. The number of carbonyl (C=O) groups is 2. The zero-order chi connectivity index (χ0) is 42.9. The lowest BCUT2D eigenvalue weighted by molar-refractivity contribution is -0.279. The van der Waals surface area contributed by atoms with Crippen LogP contribution in [0, 0.1) is 11.8 Å². The van der Waals surface area contributed by atoms with Crippen molar-refractivity contribution in [3.05, 3.63) is 54.0 Å². The summed E-state index contributed by atoms with van der Waals surface area (Å²) in [6.07, 6.45) is -0.295. The predicted molar refractivity (Wildman–Crippen MR) is 217 cm³/mol. The number of carboxylic acids is 1. The smallest absolute Gasteiger partial charge is 0.308 e. The summed E-state index contributed by atoms with van der Waals surface area (Å²) in [5.74, 6) is -1.16. The number of rotatable bonds is 9. The van der Waals surface area contributed by atoms with Gasteiger partial charge in [0.2, 0.25) is 0 Å². The molecule has 1 aromatic heterocycles. The number of carbonyl (C=O) groups excluding carboxylic acids is 1. The van der Waals surface area contributed by atoms with Crippen molar-refractivity contribution in [1.29, 1.82) is 0 Å². The second-order valence-corrected chi connectivity index (χ2v) is 14.9. The molecule has 2 saturated heterocycles. The fourth-order valence-electron chi connectivity index (χ4n) is 6.57. The molecule has 4 rings (SSSR count). The highest BCUT2D eigenvalue weighted by molar-refractivity contribution is 5.97. The number of benzene rings is 1. The Balaban J connectivity index is 0.000000676. The number of aliphatic hydroxyl groups is 3. The summed E-state index contributed by atoms with van der Waals surface area (Å²) in [4.78, 5) is 25.1. The lowest BCUT2D eigenvalue weighted by atomic mass is 9.84. The van der Waals surface area contributed by atoms with Crippen LogP contribution in [-0.4, -0.2) is 132 Å². The van der Waals surface area contributed by atoms with Crippen molar-refractivity contribution in [3.8, 4) is 5.75 Å². The highest BCUT2D eigenvalue weighted by atomic mass is 16.7. The van der Waals surface area contributed by atoms with Gasteiger partial charge < -0.3 is 53.4 Å². The standard InChI is InChI=1S/C31H51N3O9.C9H10O3.C2H6/c1-18-11-13-26(43-30-27(35)23(34(6)7)16-19(2)42-30)25(39-8)14-12-22(33-32-21(4)24-10-9-15-40-24)20(3)28(36)31(5,38)17-41-29(18)37;1-12-8-4-2-7(3-5-8)6-9(10)11;1-2/h9-10,15,18-20,23,25-28,30,35-36,38H,11-14,16-17H2,1-8H3;2-5H,6H2,1H3,(H,10,11);1-2H3/b32-21+,33-22+;;/t18?,19?,20?,23?,25?,26-,27?,28?,30?,31?;;/m1../s1. The molecule has 0 amide bonds. The molecule has 0 saturated carbocycles. The first-order valence-corrected chi connectivity index (χ1v) is 19.7. The minimum absolute atomic E-state index is 0.0595. The third-order valence-corrected chi connectivity index (χ3v) is 10.1. The maximum atomic E-state index is 12.9. The van der Waals surface area contributed by atoms with E-state index in [0.29, 0.717) is 49.3 Å². The van der Waals surface area contributed by atoms with Crippen molar-refractivity contribution in [3.63, 3.8) is 0 Å². The fraction of sp³-hybridized carbons (Fsp3) is 0.667. The maximum Gasteiger partial charge on any atom is 0.308 e. The van der Waals surface area contributed by atoms with Gasteiger partial charge >= 0.3 is 11.9 Å². The average molecular weight is 806 g/mol. The van der Waals surface area contributed by atoms with Crippen LogP contribution < -0.4 is 4.74 Å². The molecule has 322 valence electrons. The highest BCUT2D eigenvalue weighted by Gasteiger charge is 2.42. The molecule has 9 unspecified atom stereocenters. The zero-order valence-corrected chi connectivity index (χ0v) is 35.6. The highest BCUT2D eigenvalue weighted by Crippen LogP contribution is 2.30. The summed E-state index contributed by atoms with van der Waals surface area (Å²) in [6.45, 7) is 12.3. The summed E-state index contributed by atoms with van der Waals surface area (Å²) in [6, 6.07) is 10.4. The topological polar surface area (TPSA) is 202 Å². The van der Waals surface area contributed by atoms with Gasteiger partial charge in [0.25, 0.3) is 0 Å². The molecular formula is C42H67N3O12.